The highest BCUT2D eigenvalue weighted by molar-refractivity contribution is 6.74. The molecule has 1 rings (SSSR count). The van der Waals surface area contributed by atoms with Gasteiger partial charge in [-0.25, -0.2) is 0 Å². The second kappa shape index (κ2) is 6.46. The summed E-state index contributed by atoms with van der Waals surface area (Å²) in [6, 6.07) is 8.55. The third kappa shape index (κ3) is 4.88. The molecular weight excluding hydrogens is 309 g/mol. The largest absolute Gasteiger partial charge is 0.543 e. The summed E-state index contributed by atoms with van der Waals surface area (Å²) in [6.07, 6.45) is -6.51. The number of hydrogen-bond acceptors (Lipinski definition) is 2. The molecule has 2 nitrogen and oxygen atoms in total. The van der Waals surface area contributed by atoms with Gasteiger partial charge >= 0.3 is 6.18 Å². The van der Waals surface area contributed by atoms with E-state index in [4.69, 9.17) is 4.43 Å². The van der Waals surface area contributed by atoms with E-state index in [1.807, 2.05) is 33.9 Å². The molecule has 22 heavy (non-hydrogen) atoms. The lowest BCUT2D eigenvalue weighted by Gasteiger charge is -2.37. The van der Waals surface area contributed by atoms with Gasteiger partial charge in [-0.2, -0.15) is 13.2 Å². The molecule has 0 heterocycles. The average Bonchev–Trinajstić information content (AvgIpc) is 2.36. The first kappa shape index (κ1) is 18.8. The summed E-state index contributed by atoms with van der Waals surface area (Å²) < 4.78 is 44.0. The first-order valence-corrected chi connectivity index (χ1v) is 9.96. The fourth-order valence-corrected chi connectivity index (χ4v) is 2.50. The summed E-state index contributed by atoms with van der Waals surface area (Å²) in [4.78, 5) is 0. The second-order valence-corrected chi connectivity index (χ2v) is 11.5. The van der Waals surface area contributed by atoms with Crippen molar-refractivity contribution in [2.75, 3.05) is 0 Å². The number of aliphatic hydroxyl groups excluding tert-OH is 1. The standard InChI is InChI=1S/C16H23F3O2Si/c1-15(2,3)22(4,5)21-13(11-14(20)16(17,18)19)12-9-7-6-8-10-12/h6-11,14,20H,1-5H3/b13-11+/t14-/m1/s1. The van der Waals surface area contributed by atoms with Gasteiger partial charge in [0.1, 0.15) is 5.76 Å². The van der Waals surface area contributed by atoms with Gasteiger partial charge in [-0.1, -0.05) is 51.1 Å². The Hall–Kier alpha value is -1.27. The minimum atomic E-state index is -4.71. The molecule has 0 saturated heterocycles. The van der Waals surface area contributed by atoms with Crippen LogP contribution in [0.2, 0.25) is 18.1 Å². The molecule has 1 aromatic carbocycles. The summed E-state index contributed by atoms with van der Waals surface area (Å²) >= 11 is 0. The molecule has 124 valence electrons. The molecule has 1 aromatic rings. The van der Waals surface area contributed by atoms with Gasteiger partial charge in [0, 0.05) is 5.56 Å². The van der Waals surface area contributed by atoms with Crippen molar-refractivity contribution in [1.82, 2.24) is 0 Å². The number of halogens is 3. The van der Waals surface area contributed by atoms with Crippen molar-refractivity contribution >= 4 is 14.1 Å². The van der Waals surface area contributed by atoms with Crippen LogP contribution >= 0.6 is 0 Å². The van der Waals surface area contributed by atoms with E-state index < -0.39 is 20.6 Å². The van der Waals surface area contributed by atoms with Crippen LogP contribution in [0.15, 0.2) is 36.4 Å². The molecule has 0 aliphatic rings. The van der Waals surface area contributed by atoms with Crippen LogP contribution in [0.25, 0.3) is 5.76 Å². The predicted octanol–water partition coefficient (Wildman–Crippen LogP) is 4.97. The Morgan fingerprint density at radius 2 is 1.64 bits per heavy atom. The molecule has 0 fully saturated rings. The lowest BCUT2D eigenvalue weighted by atomic mass is 10.1. The predicted molar refractivity (Wildman–Crippen MR) is 84.8 cm³/mol. The quantitative estimate of drug-likeness (QED) is 0.623. The molecule has 0 aliphatic carbocycles. The summed E-state index contributed by atoms with van der Waals surface area (Å²) in [6.45, 7) is 9.90. The Morgan fingerprint density at radius 1 is 1.14 bits per heavy atom. The van der Waals surface area contributed by atoms with Crippen molar-refractivity contribution in [1.29, 1.82) is 0 Å². The van der Waals surface area contributed by atoms with Gasteiger partial charge in [0.25, 0.3) is 0 Å². The molecule has 0 aromatic heterocycles. The Bertz CT molecular complexity index is 516. The number of aliphatic hydroxyl groups is 1. The molecule has 0 bridgehead atoms. The van der Waals surface area contributed by atoms with Gasteiger partial charge < -0.3 is 9.53 Å². The zero-order valence-electron chi connectivity index (χ0n) is 13.5. The Labute approximate surface area is 130 Å². The summed E-state index contributed by atoms with van der Waals surface area (Å²) in [7, 11) is -2.32. The van der Waals surface area contributed by atoms with Gasteiger partial charge in [0.15, 0.2) is 6.10 Å². The van der Waals surface area contributed by atoms with Gasteiger partial charge in [-0.05, 0) is 24.2 Å². The van der Waals surface area contributed by atoms with E-state index in [0.717, 1.165) is 6.08 Å². The highest BCUT2D eigenvalue weighted by atomic mass is 28.4. The van der Waals surface area contributed by atoms with Crippen molar-refractivity contribution in [2.45, 2.75) is 51.2 Å². The number of benzene rings is 1. The molecule has 1 N–H and O–H groups in total. The van der Waals surface area contributed by atoms with Gasteiger partial charge in [0.2, 0.25) is 8.32 Å². The Balaban J connectivity index is 3.23. The van der Waals surface area contributed by atoms with E-state index in [1.165, 1.54) is 0 Å². The van der Waals surface area contributed by atoms with Crippen LogP contribution in [0, 0.1) is 0 Å². The molecule has 0 saturated carbocycles. The zero-order chi connectivity index (χ0) is 17.2. The highest BCUT2D eigenvalue weighted by Gasteiger charge is 2.41. The average molecular weight is 332 g/mol. The van der Waals surface area contributed by atoms with Gasteiger partial charge in [-0.3, -0.25) is 0 Å². The number of rotatable bonds is 4. The molecule has 0 radical (unpaired) electrons. The maximum absolute atomic E-state index is 12.7. The smallest absolute Gasteiger partial charge is 0.418 e. The summed E-state index contributed by atoms with van der Waals surface area (Å²) in [5.41, 5.74) is 0.524. The Morgan fingerprint density at radius 3 is 2.05 bits per heavy atom. The first-order chi connectivity index (χ1) is 9.84. The van der Waals surface area contributed by atoms with Crippen LogP contribution in [0.3, 0.4) is 0 Å². The summed E-state index contributed by atoms with van der Waals surface area (Å²) in [5.74, 6) is 0.0806. The molecule has 0 spiro atoms. The number of hydrogen-bond donors (Lipinski definition) is 1. The van der Waals surface area contributed by atoms with Gasteiger partial charge in [0.05, 0.1) is 0 Å². The van der Waals surface area contributed by atoms with E-state index in [2.05, 4.69) is 0 Å². The van der Waals surface area contributed by atoms with Crippen molar-refractivity contribution in [2.24, 2.45) is 0 Å². The van der Waals surface area contributed by atoms with Crippen LogP contribution in [0.1, 0.15) is 26.3 Å². The first-order valence-electron chi connectivity index (χ1n) is 7.05. The lowest BCUT2D eigenvalue weighted by molar-refractivity contribution is -0.187. The molecule has 6 heteroatoms. The molecule has 1 atom stereocenters. The molecular formula is C16H23F3O2Si. The van der Waals surface area contributed by atoms with E-state index in [0.29, 0.717) is 5.56 Å². The lowest BCUT2D eigenvalue weighted by Crippen LogP contribution is -2.40. The van der Waals surface area contributed by atoms with Gasteiger partial charge in [-0.15, -0.1) is 0 Å². The van der Waals surface area contributed by atoms with Crippen molar-refractivity contribution in [3.05, 3.63) is 42.0 Å². The fourth-order valence-electron chi connectivity index (χ4n) is 1.46. The highest BCUT2D eigenvalue weighted by Crippen LogP contribution is 2.40. The molecule has 0 amide bonds. The van der Waals surface area contributed by atoms with Crippen molar-refractivity contribution < 1.29 is 22.7 Å². The zero-order valence-corrected chi connectivity index (χ0v) is 14.5. The van der Waals surface area contributed by atoms with E-state index in [9.17, 15) is 18.3 Å². The van der Waals surface area contributed by atoms with Crippen LogP contribution < -0.4 is 0 Å². The van der Waals surface area contributed by atoms with Crippen LogP contribution in [0.5, 0.6) is 0 Å². The van der Waals surface area contributed by atoms with E-state index in [1.54, 1.807) is 30.3 Å². The fraction of sp³-hybridized carbons (Fsp3) is 0.500. The van der Waals surface area contributed by atoms with E-state index >= 15 is 0 Å². The van der Waals surface area contributed by atoms with Crippen LogP contribution in [0.4, 0.5) is 13.2 Å². The maximum Gasteiger partial charge on any atom is 0.418 e. The summed E-state index contributed by atoms with van der Waals surface area (Å²) in [5, 5.41) is 9.19. The second-order valence-electron chi connectivity index (χ2n) is 6.75. The maximum atomic E-state index is 12.7. The minimum absolute atomic E-state index is 0.0806. The Kier molecular flexibility index (Phi) is 5.51. The molecule has 0 unspecified atom stereocenters. The van der Waals surface area contributed by atoms with Crippen LogP contribution in [-0.2, 0) is 4.43 Å². The topological polar surface area (TPSA) is 29.5 Å². The van der Waals surface area contributed by atoms with Crippen LogP contribution in [-0.4, -0.2) is 25.7 Å². The normalized spacial score (nSPS) is 15.6. The van der Waals surface area contributed by atoms with Crippen molar-refractivity contribution in [3.63, 3.8) is 0 Å². The third-order valence-electron chi connectivity index (χ3n) is 3.87. The number of alkyl halides is 3. The third-order valence-corrected chi connectivity index (χ3v) is 8.22. The van der Waals surface area contributed by atoms with E-state index in [-0.39, 0.29) is 10.8 Å². The minimum Gasteiger partial charge on any atom is -0.543 e. The SMILES string of the molecule is CC(C)(C)[Si](C)(C)O/C(=C/[C@@H](O)C(F)(F)F)c1ccccc1. The van der Waals surface area contributed by atoms with Crippen molar-refractivity contribution in [3.8, 4) is 0 Å². The molecule has 0 aliphatic heterocycles. The monoisotopic (exact) mass is 332 g/mol.